The smallest absolute Gasteiger partial charge is 0.225 e. The van der Waals surface area contributed by atoms with Crippen LogP contribution in [0.25, 0.3) is 0 Å². The average Bonchev–Trinajstić information content (AvgIpc) is 2.99. The van der Waals surface area contributed by atoms with Gasteiger partial charge >= 0.3 is 0 Å². The highest BCUT2D eigenvalue weighted by Crippen LogP contribution is 2.25. The van der Waals surface area contributed by atoms with Gasteiger partial charge in [0.2, 0.25) is 11.9 Å². The predicted octanol–water partition coefficient (Wildman–Crippen LogP) is 0.820. The van der Waals surface area contributed by atoms with Gasteiger partial charge in [0.15, 0.2) is 6.29 Å². The summed E-state index contributed by atoms with van der Waals surface area (Å²) >= 11 is 5.86. The van der Waals surface area contributed by atoms with E-state index in [9.17, 15) is 29.6 Å². The number of aliphatic hydroxyl groups excluding tert-OH is 4. The quantitative estimate of drug-likeness (QED) is 0.203. The van der Waals surface area contributed by atoms with Gasteiger partial charge in [-0.15, -0.1) is 0 Å². The molecule has 4 rings (SSSR count). The molecule has 2 saturated heterocycles. The highest BCUT2D eigenvalue weighted by Gasteiger charge is 2.43. The Hall–Kier alpha value is -2.65. The number of carbonyl (C=O) groups excluding carboxylic acids is 1. The molecule has 0 unspecified atom stereocenters. The molecular formula is C28H38ClFN4O8. The highest BCUT2D eigenvalue weighted by atomic mass is 35.5. The molecule has 1 aromatic carbocycles. The van der Waals surface area contributed by atoms with Gasteiger partial charge in [0.05, 0.1) is 43.7 Å². The second-order valence-electron chi connectivity index (χ2n) is 10.5. The van der Waals surface area contributed by atoms with E-state index in [1.165, 1.54) is 12.1 Å². The van der Waals surface area contributed by atoms with Crippen LogP contribution in [0, 0.1) is 11.7 Å². The summed E-state index contributed by atoms with van der Waals surface area (Å²) in [7, 11) is 0. The zero-order valence-corrected chi connectivity index (χ0v) is 23.9. The number of nitrogens with zero attached hydrogens (tertiary/aromatic N) is 3. The third kappa shape index (κ3) is 8.93. The number of aliphatic hydroxyl groups is 4. The molecule has 3 heterocycles. The van der Waals surface area contributed by atoms with Crippen molar-refractivity contribution in [3.8, 4) is 5.75 Å². The molecule has 232 valence electrons. The first kappa shape index (κ1) is 32.3. The number of ether oxygens (including phenoxy) is 3. The zero-order valence-electron chi connectivity index (χ0n) is 23.1. The van der Waals surface area contributed by atoms with Crippen molar-refractivity contribution in [2.24, 2.45) is 5.92 Å². The summed E-state index contributed by atoms with van der Waals surface area (Å²) in [5.74, 6) is 0.701. The van der Waals surface area contributed by atoms with Crippen molar-refractivity contribution in [3.05, 3.63) is 47.0 Å². The zero-order chi connectivity index (χ0) is 30.1. The molecule has 2 aliphatic rings. The van der Waals surface area contributed by atoms with Gasteiger partial charge in [-0.25, -0.2) is 14.4 Å². The van der Waals surface area contributed by atoms with E-state index < -0.39 is 49.0 Å². The maximum Gasteiger partial charge on any atom is 0.225 e. The maximum atomic E-state index is 14.6. The Balaban J connectivity index is 1.10. The number of nitrogens with one attached hydrogen (secondary N) is 1. The fraction of sp³-hybridized carbons (Fsp3) is 0.607. The van der Waals surface area contributed by atoms with Crippen LogP contribution in [0.5, 0.6) is 5.75 Å². The average molecular weight is 613 g/mol. The molecule has 5 atom stereocenters. The van der Waals surface area contributed by atoms with E-state index in [2.05, 4.69) is 20.2 Å². The normalized spacial score (nSPS) is 24.9. The molecule has 0 radical (unpaired) electrons. The molecule has 2 aromatic rings. The summed E-state index contributed by atoms with van der Waals surface area (Å²) in [4.78, 5) is 23.0. The van der Waals surface area contributed by atoms with E-state index in [-0.39, 0.29) is 25.1 Å². The lowest BCUT2D eigenvalue weighted by molar-refractivity contribution is -0.300. The summed E-state index contributed by atoms with van der Waals surface area (Å²) in [6, 6.07) is 4.43. The Morgan fingerprint density at radius 3 is 2.55 bits per heavy atom. The molecule has 1 aromatic heterocycles. The topological polar surface area (TPSA) is 167 Å². The number of piperidine rings is 1. The van der Waals surface area contributed by atoms with E-state index in [0.29, 0.717) is 29.2 Å². The molecule has 12 nitrogen and oxygen atoms in total. The van der Waals surface area contributed by atoms with E-state index >= 15 is 0 Å². The Morgan fingerprint density at radius 2 is 1.86 bits per heavy atom. The minimum atomic E-state index is -1.55. The third-order valence-corrected chi connectivity index (χ3v) is 7.66. The predicted molar refractivity (Wildman–Crippen MR) is 150 cm³/mol. The SMILES string of the molecule is O=C(Cc1ccc(OCCCC2CCN(c3ncc(Cl)cn3)CC2)cc1F)NCCO[C@H]1O[C@H](CO)[C@@H](O)[C@H](O)[C@@H]1O. The second-order valence-corrected chi connectivity index (χ2v) is 10.9. The Labute approximate surface area is 248 Å². The van der Waals surface area contributed by atoms with Gasteiger partial charge in [-0.1, -0.05) is 17.7 Å². The number of hydrogen-bond acceptors (Lipinski definition) is 11. The lowest BCUT2D eigenvalue weighted by Crippen LogP contribution is -2.59. The number of amides is 1. The molecule has 0 saturated carbocycles. The van der Waals surface area contributed by atoms with Crippen LogP contribution >= 0.6 is 11.6 Å². The summed E-state index contributed by atoms with van der Waals surface area (Å²) in [6.45, 7) is 1.62. The molecule has 0 spiro atoms. The number of benzene rings is 1. The molecule has 0 bridgehead atoms. The van der Waals surface area contributed by atoms with Crippen LogP contribution < -0.4 is 15.0 Å². The van der Waals surface area contributed by atoms with Crippen LogP contribution in [0.1, 0.15) is 31.2 Å². The number of halogens is 2. The minimum Gasteiger partial charge on any atom is -0.493 e. The van der Waals surface area contributed by atoms with Gasteiger partial charge in [0, 0.05) is 25.7 Å². The molecule has 2 aliphatic heterocycles. The molecular weight excluding hydrogens is 575 g/mol. The Bertz CT molecular complexity index is 1140. The van der Waals surface area contributed by atoms with Gasteiger partial charge in [-0.3, -0.25) is 4.79 Å². The molecule has 5 N–H and O–H groups in total. The summed E-state index contributed by atoms with van der Waals surface area (Å²) in [5.41, 5.74) is 0.214. The lowest BCUT2D eigenvalue weighted by Gasteiger charge is -2.39. The number of carbonyl (C=O) groups is 1. The first-order valence-corrected chi connectivity index (χ1v) is 14.5. The minimum absolute atomic E-state index is 0.0323. The van der Waals surface area contributed by atoms with Gasteiger partial charge in [-0.2, -0.15) is 0 Å². The molecule has 14 heteroatoms. The van der Waals surface area contributed by atoms with Crippen molar-refractivity contribution in [1.82, 2.24) is 15.3 Å². The fourth-order valence-corrected chi connectivity index (χ4v) is 5.12. The standard InChI is InChI=1S/C28H38ClFN4O8/c29-19-14-32-28(33-15-19)34-8-5-17(6-9-34)2-1-10-40-20-4-3-18(21(30)13-20)12-23(36)31-7-11-41-27-26(39)25(38)24(37)22(16-35)42-27/h3-4,13-15,17,22,24-27,35,37-39H,1-2,5-12,16H2,(H,31,36)/t22-,24-,25+,26+,27+/m1/s1. The van der Waals surface area contributed by atoms with Gasteiger partial charge in [0.1, 0.15) is 36.0 Å². The van der Waals surface area contributed by atoms with Crippen molar-refractivity contribution in [2.45, 2.75) is 62.8 Å². The first-order valence-electron chi connectivity index (χ1n) is 14.1. The van der Waals surface area contributed by atoms with Crippen LogP contribution in [0.4, 0.5) is 10.3 Å². The summed E-state index contributed by atoms with van der Waals surface area (Å²) < 4.78 is 30.9. The van der Waals surface area contributed by atoms with Crippen molar-refractivity contribution >= 4 is 23.5 Å². The van der Waals surface area contributed by atoms with Crippen LogP contribution in [-0.4, -0.2) is 106 Å². The van der Waals surface area contributed by atoms with E-state index in [0.717, 1.165) is 38.8 Å². The number of hydrogen-bond donors (Lipinski definition) is 5. The summed E-state index contributed by atoms with van der Waals surface area (Å²) in [5, 5.41) is 41.9. The van der Waals surface area contributed by atoms with E-state index in [4.69, 9.17) is 25.8 Å². The fourth-order valence-electron chi connectivity index (χ4n) is 5.02. The monoisotopic (exact) mass is 612 g/mol. The maximum absolute atomic E-state index is 14.6. The highest BCUT2D eigenvalue weighted by molar-refractivity contribution is 6.30. The van der Waals surface area contributed by atoms with Crippen LogP contribution in [0.15, 0.2) is 30.6 Å². The van der Waals surface area contributed by atoms with Crippen LogP contribution in [0.3, 0.4) is 0 Å². The molecule has 42 heavy (non-hydrogen) atoms. The number of rotatable bonds is 13. The summed E-state index contributed by atoms with van der Waals surface area (Å²) in [6.07, 6.45) is 0.0245. The van der Waals surface area contributed by atoms with Crippen LogP contribution in [-0.2, 0) is 20.7 Å². The van der Waals surface area contributed by atoms with Gasteiger partial charge in [-0.05, 0) is 43.2 Å². The Kier molecular flexibility index (Phi) is 12.1. The van der Waals surface area contributed by atoms with Crippen molar-refractivity contribution < 1.29 is 43.8 Å². The Morgan fingerprint density at radius 1 is 1.12 bits per heavy atom. The van der Waals surface area contributed by atoms with Gasteiger partial charge < -0.3 is 44.9 Å². The first-order chi connectivity index (χ1) is 20.2. The largest absolute Gasteiger partial charge is 0.493 e. The van der Waals surface area contributed by atoms with Crippen molar-refractivity contribution in [1.29, 1.82) is 0 Å². The molecule has 0 aliphatic carbocycles. The number of aromatic nitrogens is 2. The van der Waals surface area contributed by atoms with Gasteiger partial charge in [0.25, 0.3) is 0 Å². The number of anilines is 1. The second kappa shape index (κ2) is 15.7. The molecule has 2 fully saturated rings. The third-order valence-electron chi connectivity index (χ3n) is 7.46. The van der Waals surface area contributed by atoms with Crippen molar-refractivity contribution in [3.63, 3.8) is 0 Å². The van der Waals surface area contributed by atoms with E-state index in [1.54, 1.807) is 18.5 Å². The van der Waals surface area contributed by atoms with Crippen molar-refractivity contribution in [2.75, 3.05) is 44.4 Å². The molecule has 1 amide bonds. The lowest BCUT2D eigenvalue weighted by atomic mass is 9.92. The van der Waals surface area contributed by atoms with E-state index in [1.807, 2.05) is 0 Å². The van der Waals surface area contributed by atoms with Crippen LogP contribution in [0.2, 0.25) is 5.02 Å².